The van der Waals surface area contributed by atoms with Crippen molar-refractivity contribution in [2.75, 3.05) is 26.2 Å². The van der Waals surface area contributed by atoms with Crippen LogP contribution in [0, 0.1) is 5.82 Å². The molecule has 1 fully saturated rings. The summed E-state index contributed by atoms with van der Waals surface area (Å²) in [5, 5.41) is 13.1. The van der Waals surface area contributed by atoms with Crippen molar-refractivity contribution < 1.29 is 22.7 Å². The summed E-state index contributed by atoms with van der Waals surface area (Å²) in [6, 6.07) is 0.747. The second kappa shape index (κ2) is 6.83. The van der Waals surface area contributed by atoms with Gasteiger partial charge in [0.1, 0.15) is 0 Å². The van der Waals surface area contributed by atoms with Crippen LogP contribution in [-0.4, -0.2) is 36.2 Å². The highest BCUT2D eigenvalue weighted by molar-refractivity contribution is 5.44. The summed E-state index contributed by atoms with van der Waals surface area (Å²) >= 11 is 0. The van der Waals surface area contributed by atoms with E-state index in [1.54, 1.807) is 0 Å². The number of hydrogen-bond donors (Lipinski definition) is 2. The minimum atomic E-state index is -4.62. The van der Waals surface area contributed by atoms with E-state index in [1.807, 2.05) is 11.8 Å². The van der Waals surface area contributed by atoms with Crippen molar-refractivity contribution >= 4 is 0 Å². The molecule has 1 atom stereocenters. The fourth-order valence-corrected chi connectivity index (χ4v) is 2.94. The molecule has 0 saturated carbocycles. The lowest BCUT2D eigenvalue weighted by atomic mass is 9.93. The van der Waals surface area contributed by atoms with E-state index in [0.717, 1.165) is 6.07 Å². The van der Waals surface area contributed by atoms with Gasteiger partial charge >= 0.3 is 6.18 Å². The largest absolute Gasteiger partial charge is 0.505 e. The van der Waals surface area contributed by atoms with Crippen molar-refractivity contribution in [1.82, 2.24) is 10.2 Å². The van der Waals surface area contributed by atoms with E-state index in [-0.39, 0.29) is 5.56 Å². The highest BCUT2D eigenvalue weighted by Crippen LogP contribution is 2.43. The Labute approximate surface area is 126 Å². The molecule has 1 aromatic rings. The van der Waals surface area contributed by atoms with Crippen molar-refractivity contribution in [3.8, 4) is 5.75 Å². The van der Waals surface area contributed by atoms with Gasteiger partial charge in [0.05, 0.1) is 5.56 Å². The third kappa shape index (κ3) is 3.52. The summed E-state index contributed by atoms with van der Waals surface area (Å²) in [7, 11) is 0. The Morgan fingerprint density at radius 3 is 2.45 bits per heavy atom. The van der Waals surface area contributed by atoms with Crippen LogP contribution in [0.3, 0.4) is 0 Å². The molecule has 2 rings (SSSR count). The Kier molecular flexibility index (Phi) is 5.28. The summed E-state index contributed by atoms with van der Waals surface area (Å²) < 4.78 is 53.5. The Hall–Kier alpha value is -1.34. The van der Waals surface area contributed by atoms with Gasteiger partial charge < -0.3 is 10.4 Å². The molecule has 22 heavy (non-hydrogen) atoms. The maximum atomic E-state index is 13.7. The van der Waals surface area contributed by atoms with Gasteiger partial charge in [0.2, 0.25) is 0 Å². The lowest BCUT2D eigenvalue weighted by Crippen LogP contribution is -2.45. The second-order valence-electron chi connectivity index (χ2n) is 5.45. The van der Waals surface area contributed by atoms with Crippen molar-refractivity contribution in [3.63, 3.8) is 0 Å². The molecular formula is C15H20F4N2O. The molecule has 2 N–H and O–H groups in total. The highest BCUT2D eigenvalue weighted by Gasteiger charge is 2.39. The standard InChI is InChI=1S/C15H20F4N2O/c1-2-3-12(21-8-6-20-7-9-21)13-10(15(17,18)19)4-5-11(16)14(13)22/h4-5,12,20,22H,2-3,6-9H2,1H3/t12-/m1/s1. The minimum absolute atomic E-state index is 0.337. The first kappa shape index (κ1) is 17.0. The Morgan fingerprint density at radius 2 is 1.91 bits per heavy atom. The number of aromatic hydroxyl groups is 1. The molecule has 1 heterocycles. The molecule has 124 valence electrons. The van der Waals surface area contributed by atoms with Crippen LogP contribution in [-0.2, 0) is 6.18 Å². The third-order valence-electron chi connectivity index (χ3n) is 3.96. The van der Waals surface area contributed by atoms with Gasteiger partial charge in [0.15, 0.2) is 11.6 Å². The fourth-order valence-electron chi connectivity index (χ4n) is 2.94. The molecule has 0 bridgehead atoms. The Morgan fingerprint density at radius 1 is 1.27 bits per heavy atom. The topological polar surface area (TPSA) is 35.5 Å². The van der Waals surface area contributed by atoms with Crippen LogP contribution in [0.1, 0.15) is 36.9 Å². The molecule has 1 aromatic carbocycles. The predicted molar refractivity (Wildman–Crippen MR) is 75.2 cm³/mol. The van der Waals surface area contributed by atoms with Gasteiger partial charge in [-0.05, 0) is 18.6 Å². The van der Waals surface area contributed by atoms with Crippen molar-refractivity contribution in [2.45, 2.75) is 32.0 Å². The van der Waals surface area contributed by atoms with Crippen molar-refractivity contribution in [3.05, 3.63) is 29.1 Å². The maximum absolute atomic E-state index is 13.7. The van der Waals surface area contributed by atoms with E-state index in [1.165, 1.54) is 0 Å². The second-order valence-corrected chi connectivity index (χ2v) is 5.45. The van der Waals surface area contributed by atoms with Gasteiger partial charge in [0.25, 0.3) is 0 Å². The normalized spacial score (nSPS) is 18.4. The zero-order chi connectivity index (χ0) is 16.3. The number of rotatable bonds is 4. The SMILES string of the molecule is CCC[C@H](c1c(C(F)(F)F)ccc(F)c1O)N1CCNCC1. The Bertz CT molecular complexity index is 513. The van der Waals surface area contributed by atoms with Crippen LogP contribution in [0.4, 0.5) is 17.6 Å². The number of alkyl halides is 3. The van der Waals surface area contributed by atoms with E-state index in [9.17, 15) is 22.7 Å². The van der Waals surface area contributed by atoms with Gasteiger partial charge in [-0.1, -0.05) is 13.3 Å². The van der Waals surface area contributed by atoms with E-state index in [0.29, 0.717) is 45.1 Å². The van der Waals surface area contributed by atoms with E-state index in [2.05, 4.69) is 5.32 Å². The minimum Gasteiger partial charge on any atom is -0.505 e. The zero-order valence-corrected chi connectivity index (χ0v) is 12.4. The molecule has 3 nitrogen and oxygen atoms in total. The molecule has 0 aliphatic carbocycles. The molecule has 0 unspecified atom stereocenters. The number of benzene rings is 1. The van der Waals surface area contributed by atoms with Gasteiger partial charge in [0, 0.05) is 37.8 Å². The first-order valence-corrected chi connectivity index (χ1v) is 7.39. The average Bonchev–Trinajstić information content (AvgIpc) is 2.47. The number of hydrogen-bond acceptors (Lipinski definition) is 3. The molecule has 0 radical (unpaired) electrons. The highest BCUT2D eigenvalue weighted by atomic mass is 19.4. The summed E-state index contributed by atoms with van der Waals surface area (Å²) in [5.74, 6) is -1.90. The molecule has 1 aliphatic heterocycles. The molecule has 0 spiro atoms. The molecule has 1 aliphatic rings. The monoisotopic (exact) mass is 320 g/mol. The van der Waals surface area contributed by atoms with Gasteiger partial charge in [-0.3, -0.25) is 4.90 Å². The van der Waals surface area contributed by atoms with Crippen LogP contribution < -0.4 is 5.32 Å². The molecular weight excluding hydrogens is 300 g/mol. The average molecular weight is 320 g/mol. The summed E-state index contributed by atoms with van der Waals surface area (Å²) in [5.41, 5.74) is -1.29. The van der Waals surface area contributed by atoms with Crippen LogP contribution in [0.5, 0.6) is 5.75 Å². The number of nitrogens with one attached hydrogen (secondary N) is 1. The van der Waals surface area contributed by atoms with E-state index >= 15 is 0 Å². The number of nitrogens with zero attached hydrogens (tertiary/aromatic N) is 1. The van der Waals surface area contributed by atoms with Crippen LogP contribution in [0.15, 0.2) is 12.1 Å². The molecule has 0 amide bonds. The van der Waals surface area contributed by atoms with Gasteiger partial charge in [-0.2, -0.15) is 13.2 Å². The zero-order valence-electron chi connectivity index (χ0n) is 12.4. The molecule has 7 heteroatoms. The lowest BCUT2D eigenvalue weighted by Gasteiger charge is -2.36. The van der Waals surface area contributed by atoms with Crippen molar-refractivity contribution in [1.29, 1.82) is 0 Å². The van der Waals surface area contributed by atoms with Gasteiger partial charge in [-0.25, -0.2) is 4.39 Å². The van der Waals surface area contributed by atoms with Crippen molar-refractivity contribution in [2.24, 2.45) is 0 Å². The fraction of sp³-hybridized carbons (Fsp3) is 0.600. The quantitative estimate of drug-likeness (QED) is 0.836. The number of phenolic OH excluding ortho intramolecular Hbond substituents is 1. The van der Waals surface area contributed by atoms with E-state index in [4.69, 9.17) is 0 Å². The summed E-state index contributed by atoms with van der Waals surface area (Å²) in [6.45, 7) is 4.32. The summed E-state index contributed by atoms with van der Waals surface area (Å²) in [4.78, 5) is 1.88. The summed E-state index contributed by atoms with van der Waals surface area (Å²) in [6.07, 6.45) is -3.55. The maximum Gasteiger partial charge on any atom is 0.416 e. The first-order chi connectivity index (χ1) is 10.4. The predicted octanol–water partition coefficient (Wildman–Crippen LogP) is 3.30. The number of phenols is 1. The van der Waals surface area contributed by atoms with Gasteiger partial charge in [-0.15, -0.1) is 0 Å². The van der Waals surface area contributed by atoms with E-state index < -0.39 is 29.3 Å². The lowest BCUT2D eigenvalue weighted by molar-refractivity contribution is -0.139. The smallest absolute Gasteiger partial charge is 0.416 e. The number of piperazine rings is 1. The number of halogens is 4. The Balaban J connectivity index is 2.51. The van der Waals surface area contributed by atoms with Crippen LogP contribution in [0.2, 0.25) is 0 Å². The third-order valence-corrected chi connectivity index (χ3v) is 3.96. The first-order valence-electron chi connectivity index (χ1n) is 7.39. The molecule has 1 saturated heterocycles. The van der Waals surface area contributed by atoms with Crippen LogP contribution >= 0.6 is 0 Å². The van der Waals surface area contributed by atoms with Crippen LogP contribution in [0.25, 0.3) is 0 Å². The molecule has 0 aromatic heterocycles.